The van der Waals surface area contributed by atoms with Gasteiger partial charge in [-0.25, -0.2) is 4.39 Å². The van der Waals surface area contributed by atoms with Gasteiger partial charge in [-0.05, 0) is 36.8 Å². The molecule has 0 aliphatic rings. The summed E-state index contributed by atoms with van der Waals surface area (Å²) < 4.78 is 94.9. The topological polar surface area (TPSA) is 41.1 Å². The normalized spacial score (nSPS) is 12.6. The minimum Gasteiger partial charge on any atom is -0.348 e. The lowest BCUT2D eigenvalue weighted by molar-refractivity contribution is -0.294. The molecule has 0 saturated heterocycles. The number of anilines is 1. The van der Waals surface area contributed by atoms with Crippen molar-refractivity contribution in [3.63, 3.8) is 0 Å². The first kappa shape index (κ1) is 21.8. The Morgan fingerprint density at radius 3 is 2.04 bits per heavy atom. The highest BCUT2D eigenvalue weighted by atomic mass is 35.5. The van der Waals surface area contributed by atoms with E-state index in [1.165, 1.54) is 30.4 Å². The molecule has 2 rings (SSSR count). The number of nitrogens with one attached hydrogen (secondary N) is 2. The van der Waals surface area contributed by atoms with Crippen LogP contribution in [0.3, 0.4) is 0 Å². The number of hydrogen-bond acceptors (Lipinski definition) is 2. The molecule has 0 radical (unpaired) electrons. The SMILES string of the molecule is Cc1ccccc1C(=O)NC(Nc1ccc(F)c(Cl)c1)(C(F)(F)F)C(F)(F)F. The molecule has 0 aliphatic carbocycles. The van der Waals surface area contributed by atoms with Gasteiger partial charge < -0.3 is 10.6 Å². The summed E-state index contributed by atoms with van der Waals surface area (Å²) in [4.78, 5) is 12.2. The van der Waals surface area contributed by atoms with E-state index in [2.05, 4.69) is 0 Å². The van der Waals surface area contributed by atoms with E-state index in [9.17, 15) is 35.5 Å². The third kappa shape index (κ3) is 4.16. The lowest BCUT2D eigenvalue weighted by Gasteiger charge is -2.39. The molecule has 0 atom stereocenters. The molecule has 0 heterocycles. The van der Waals surface area contributed by atoms with Crippen molar-refractivity contribution >= 4 is 23.2 Å². The second kappa shape index (κ2) is 7.50. The molecular formula is C17H12ClF7N2O. The van der Waals surface area contributed by atoms with Crippen LogP contribution in [0.1, 0.15) is 15.9 Å². The smallest absolute Gasteiger partial charge is 0.348 e. The van der Waals surface area contributed by atoms with E-state index >= 15 is 0 Å². The van der Waals surface area contributed by atoms with Gasteiger partial charge in [-0.2, -0.15) is 26.3 Å². The summed E-state index contributed by atoms with van der Waals surface area (Å²) in [7, 11) is 0. The molecule has 11 heteroatoms. The maximum absolute atomic E-state index is 13.6. The van der Waals surface area contributed by atoms with Crippen LogP contribution in [0.4, 0.5) is 36.4 Å². The largest absolute Gasteiger partial charge is 0.439 e. The fraction of sp³-hybridized carbons (Fsp3) is 0.235. The molecule has 2 aromatic rings. The Morgan fingerprint density at radius 1 is 0.964 bits per heavy atom. The Hall–Kier alpha value is -2.49. The highest BCUT2D eigenvalue weighted by Gasteiger charge is 2.72. The van der Waals surface area contributed by atoms with Gasteiger partial charge in [-0.3, -0.25) is 4.79 Å². The van der Waals surface area contributed by atoms with Crippen LogP contribution in [0.15, 0.2) is 42.5 Å². The number of aryl methyl sites for hydroxylation is 1. The van der Waals surface area contributed by atoms with Crippen LogP contribution in [-0.4, -0.2) is 23.9 Å². The third-order valence-corrected chi connectivity index (χ3v) is 4.08. The molecule has 28 heavy (non-hydrogen) atoms. The molecular weight excluding hydrogens is 417 g/mol. The lowest BCUT2D eigenvalue weighted by atomic mass is 10.0. The average Bonchev–Trinajstić information content (AvgIpc) is 2.55. The standard InChI is InChI=1S/C17H12ClF7N2O/c1-9-4-2-3-5-11(9)14(28)27-15(16(20,21)22,17(23,24)25)26-10-6-7-13(19)12(18)8-10/h2-8,26H,1H3,(H,27,28). The number of alkyl halides is 6. The van der Waals surface area contributed by atoms with Crippen LogP contribution in [0.5, 0.6) is 0 Å². The molecule has 2 aromatic carbocycles. The van der Waals surface area contributed by atoms with Crippen LogP contribution in [-0.2, 0) is 0 Å². The van der Waals surface area contributed by atoms with E-state index in [4.69, 9.17) is 11.6 Å². The van der Waals surface area contributed by atoms with Crippen LogP contribution in [0.2, 0.25) is 5.02 Å². The van der Waals surface area contributed by atoms with Gasteiger partial charge in [0, 0.05) is 11.3 Å². The lowest BCUT2D eigenvalue weighted by Crippen LogP contribution is -2.72. The molecule has 0 saturated carbocycles. The van der Waals surface area contributed by atoms with E-state index in [1.807, 2.05) is 0 Å². The summed E-state index contributed by atoms with van der Waals surface area (Å²) in [5.41, 5.74) is -5.85. The number of hydrogen-bond donors (Lipinski definition) is 2. The van der Waals surface area contributed by atoms with Crippen molar-refractivity contribution in [2.75, 3.05) is 5.32 Å². The van der Waals surface area contributed by atoms with Crippen LogP contribution < -0.4 is 10.6 Å². The fourth-order valence-corrected chi connectivity index (χ4v) is 2.51. The molecule has 3 nitrogen and oxygen atoms in total. The zero-order valence-corrected chi connectivity index (χ0v) is 14.7. The Bertz CT molecular complexity index is 867. The summed E-state index contributed by atoms with van der Waals surface area (Å²) in [5, 5.41) is 1.54. The minimum atomic E-state index is -6.01. The van der Waals surface area contributed by atoms with Gasteiger partial charge in [0.1, 0.15) is 5.82 Å². The zero-order valence-electron chi connectivity index (χ0n) is 14.0. The molecule has 0 aliphatic heterocycles. The Kier molecular flexibility index (Phi) is 5.84. The number of halogens is 8. The molecule has 2 N–H and O–H groups in total. The number of carbonyl (C=O) groups excluding carboxylic acids is 1. The van der Waals surface area contributed by atoms with Gasteiger partial charge in [0.25, 0.3) is 5.91 Å². The molecule has 0 spiro atoms. The van der Waals surface area contributed by atoms with Gasteiger partial charge in [0.15, 0.2) is 0 Å². The number of amides is 1. The number of benzene rings is 2. The molecule has 0 fully saturated rings. The Balaban J connectivity index is 2.56. The van der Waals surface area contributed by atoms with Crippen molar-refractivity contribution in [2.24, 2.45) is 0 Å². The molecule has 1 amide bonds. The number of carbonyl (C=O) groups is 1. The maximum Gasteiger partial charge on any atom is 0.439 e. The summed E-state index contributed by atoms with van der Waals surface area (Å²) >= 11 is 5.43. The van der Waals surface area contributed by atoms with Crippen LogP contribution in [0.25, 0.3) is 0 Å². The van der Waals surface area contributed by atoms with Crippen LogP contribution in [0, 0.1) is 12.7 Å². The van der Waals surface area contributed by atoms with Gasteiger partial charge in [0.05, 0.1) is 5.02 Å². The first-order chi connectivity index (χ1) is 12.8. The average molecular weight is 429 g/mol. The van der Waals surface area contributed by atoms with Crippen molar-refractivity contribution in [3.05, 3.63) is 64.4 Å². The van der Waals surface area contributed by atoms with Crippen molar-refractivity contribution in [1.82, 2.24) is 5.32 Å². The Labute approximate surface area is 159 Å². The zero-order chi connectivity index (χ0) is 21.3. The van der Waals surface area contributed by atoms with E-state index in [0.717, 1.165) is 11.4 Å². The summed E-state index contributed by atoms with van der Waals surface area (Å²) in [6.07, 6.45) is -12.0. The Morgan fingerprint density at radius 2 is 1.54 bits per heavy atom. The molecule has 152 valence electrons. The minimum absolute atomic E-state index is 0.170. The van der Waals surface area contributed by atoms with Crippen molar-refractivity contribution in [3.8, 4) is 0 Å². The first-order valence-electron chi connectivity index (χ1n) is 7.53. The van der Waals surface area contributed by atoms with E-state index in [1.54, 1.807) is 0 Å². The molecule has 0 bridgehead atoms. The first-order valence-corrected chi connectivity index (χ1v) is 7.91. The quantitative estimate of drug-likeness (QED) is 0.502. The summed E-state index contributed by atoms with van der Waals surface area (Å²) in [6, 6.07) is 6.95. The molecule has 0 unspecified atom stereocenters. The predicted molar refractivity (Wildman–Crippen MR) is 88.5 cm³/mol. The highest BCUT2D eigenvalue weighted by Crippen LogP contribution is 2.44. The van der Waals surface area contributed by atoms with Crippen molar-refractivity contribution < 1.29 is 35.5 Å². The number of rotatable bonds is 4. The second-order valence-electron chi connectivity index (χ2n) is 5.77. The van der Waals surface area contributed by atoms with E-state index in [0.29, 0.717) is 18.2 Å². The van der Waals surface area contributed by atoms with Gasteiger partial charge in [0.2, 0.25) is 0 Å². The van der Waals surface area contributed by atoms with Gasteiger partial charge >= 0.3 is 18.0 Å². The van der Waals surface area contributed by atoms with E-state index < -0.39 is 40.4 Å². The van der Waals surface area contributed by atoms with Crippen molar-refractivity contribution in [1.29, 1.82) is 0 Å². The summed E-state index contributed by atoms with van der Waals surface area (Å²) in [6.45, 7) is 1.35. The second-order valence-corrected chi connectivity index (χ2v) is 6.18. The van der Waals surface area contributed by atoms with Crippen molar-refractivity contribution in [2.45, 2.75) is 24.9 Å². The highest BCUT2D eigenvalue weighted by molar-refractivity contribution is 6.31. The fourth-order valence-electron chi connectivity index (χ4n) is 2.33. The van der Waals surface area contributed by atoms with Gasteiger partial charge in [-0.15, -0.1) is 0 Å². The van der Waals surface area contributed by atoms with Crippen LogP contribution >= 0.6 is 11.6 Å². The molecule has 0 aromatic heterocycles. The van der Waals surface area contributed by atoms with E-state index in [-0.39, 0.29) is 11.1 Å². The maximum atomic E-state index is 13.6. The third-order valence-electron chi connectivity index (χ3n) is 3.79. The summed E-state index contributed by atoms with van der Waals surface area (Å²) in [5.74, 6) is -2.64. The predicted octanol–water partition coefficient (Wildman–Crippen LogP) is 5.45. The van der Waals surface area contributed by atoms with Gasteiger partial charge in [-0.1, -0.05) is 29.8 Å². The monoisotopic (exact) mass is 428 g/mol.